The summed E-state index contributed by atoms with van der Waals surface area (Å²) in [7, 11) is 0. The van der Waals surface area contributed by atoms with Crippen molar-refractivity contribution in [1.82, 2.24) is 5.32 Å². The number of nitrogens with one attached hydrogen (secondary N) is 1. The molecule has 0 spiro atoms. The van der Waals surface area contributed by atoms with E-state index in [1.807, 2.05) is 36.4 Å². The van der Waals surface area contributed by atoms with Crippen LogP contribution in [0, 0.1) is 0 Å². The van der Waals surface area contributed by atoms with Gasteiger partial charge in [-0.15, -0.1) is 0 Å². The third kappa shape index (κ3) is 2.53. The van der Waals surface area contributed by atoms with Crippen LogP contribution in [0.25, 0.3) is 10.8 Å². The van der Waals surface area contributed by atoms with Gasteiger partial charge in [-0.25, -0.2) is 0 Å². The number of carbonyl (C=O) groups excluding carboxylic acids is 1. The lowest BCUT2D eigenvalue weighted by molar-refractivity contribution is 0.100. The molecule has 1 aliphatic rings. The van der Waals surface area contributed by atoms with Crippen LogP contribution in [0.2, 0.25) is 0 Å². The molecule has 3 N–H and O–H groups in total. The molecule has 1 aromatic heterocycles. The summed E-state index contributed by atoms with van der Waals surface area (Å²) in [5.74, 6) is 1.22. The first-order valence-electron chi connectivity index (χ1n) is 7.99. The number of hydrogen-bond donors (Lipinski definition) is 2. The Morgan fingerprint density at radius 2 is 2.00 bits per heavy atom. The molecule has 24 heavy (non-hydrogen) atoms. The number of fused-ring (bicyclic) bond motifs is 2. The second kappa shape index (κ2) is 6.02. The molecular weight excluding hydrogens is 304 g/mol. The Bertz CT molecular complexity index is 901. The summed E-state index contributed by atoms with van der Waals surface area (Å²) in [4.78, 5) is 11.7. The topological polar surface area (TPSA) is 77.5 Å². The van der Waals surface area contributed by atoms with Gasteiger partial charge in [0.25, 0.3) is 0 Å². The van der Waals surface area contributed by atoms with E-state index < -0.39 is 5.91 Å². The first-order valence-corrected chi connectivity index (χ1v) is 7.99. The Labute approximate surface area is 139 Å². The zero-order valence-electron chi connectivity index (χ0n) is 13.1. The highest BCUT2D eigenvalue weighted by molar-refractivity contribution is 6.07. The lowest BCUT2D eigenvalue weighted by Crippen LogP contribution is -2.14. The molecule has 0 saturated heterocycles. The molecule has 5 nitrogen and oxygen atoms in total. The number of primary amides is 1. The summed E-state index contributed by atoms with van der Waals surface area (Å²) in [6, 6.07) is 13.2. The highest BCUT2D eigenvalue weighted by Gasteiger charge is 2.23. The summed E-state index contributed by atoms with van der Waals surface area (Å²) in [5, 5.41) is 5.02. The van der Waals surface area contributed by atoms with E-state index in [4.69, 9.17) is 14.9 Å². The molecule has 0 radical (unpaired) electrons. The van der Waals surface area contributed by atoms with Crippen molar-refractivity contribution in [1.29, 1.82) is 0 Å². The number of ether oxygens (including phenoxy) is 1. The molecule has 2 heterocycles. The highest BCUT2D eigenvalue weighted by atomic mass is 16.5. The van der Waals surface area contributed by atoms with Gasteiger partial charge in [0.05, 0.1) is 12.8 Å². The summed E-state index contributed by atoms with van der Waals surface area (Å²) < 4.78 is 11.9. The average molecular weight is 322 g/mol. The normalized spacial score (nSPS) is 17.2. The first-order chi connectivity index (χ1) is 11.7. The maximum Gasteiger partial charge on any atom is 0.249 e. The van der Waals surface area contributed by atoms with E-state index in [1.54, 1.807) is 12.3 Å². The molecule has 1 amide bonds. The van der Waals surface area contributed by atoms with Crippen LogP contribution in [0.15, 0.2) is 53.1 Å². The molecule has 4 rings (SSSR count). The predicted octanol–water partition coefficient (Wildman–Crippen LogP) is 3.15. The van der Waals surface area contributed by atoms with Crippen molar-refractivity contribution in [2.75, 3.05) is 6.54 Å². The first kappa shape index (κ1) is 14.8. The zero-order valence-corrected chi connectivity index (χ0v) is 13.1. The third-order valence-electron chi connectivity index (χ3n) is 4.41. The van der Waals surface area contributed by atoms with Crippen LogP contribution in [0.4, 0.5) is 0 Å². The van der Waals surface area contributed by atoms with Crippen LogP contribution in [-0.4, -0.2) is 12.5 Å². The second-order valence-electron chi connectivity index (χ2n) is 5.89. The molecule has 1 aliphatic heterocycles. The van der Waals surface area contributed by atoms with Gasteiger partial charge in [-0.1, -0.05) is 24.3 Å². The Kier molecular flexibility index (Phi) is 3.70. The van der Waals surface area contributed by atoms with E-state index in [-0.39, 0.29) is 6.10 Å². The number of nitrogens with two attached hydrogens (primary N) is 1. The summed E-state index contributed by atoms with van der Waals surface area (Å²) in [6.45, 7) is 1.57. The second-order valence-corrected chi connectivity index (χ2v) is 5.89. The van der Waals surface area contributed by atoms with Crippen LogP contribution in [-0.2, 0) is 6.54 Å². The quantitative estimate of drug-likeness (QED) is 0.776. The average Bonchev–Trinajstić information content (AvgIpc) is 2.98. The van der Waals surface area contributed by atoms with Crippen molar-refractivity contribution >= 4 is 16.7 Å². The van der Waals surface area contributed by atoms with E-state index in [9.17, 15) is 4.79 Å². The van der Waals surface area contributed by atoms with Gasteiger partial charge in [-0.05, 0) is 30.1 Å². The predicted molar refractivity (Wildman–Crippen MR) is 90.9 cm³/mol. The van der Waals surface area contributed by atoms with Crippen molar-refractivity contribution in [2.24, 2.45) is 5.73 Å². The Hall–Kier alpha value is -2.79. The number of carbonyl (C=O) groups is 1. The fourth-order valence-electron chi connectivity index (χ4n) is 3.24. The van der Waals surface area contributed by atoms with E-state index >= 15 is 0 Å². The van der Waals surface area contributed by atoms with Crippen LogP contribution in [0.3, 0.4) is 0 Å². The van der Waals surface area contributed by atoms with Crippen LogP contribution < -0.4 is 15.8 Å². The van der Waals surface area contributed by atoms with Crippen molar-refractivity contribution in [3.05, 3.63) is 65.6 Å². The largest absolute Gasteiger partial charge is 0.485 e. The molecular formula is C19H18N2O3. The highest BCUT2D eigenvalue weighted by Crippen LogP contribution is 2.34. The molecule has 0 saturated carbocycles. The van der Waals surface area contributed by atoms with Crippen molar-refractivity contribution in [2.45, 2.75) is 19.1 Å². The summed E-state index contributed by atoms with van der Waals surface area (Å²) in [6.07, 6.45) is 2.46. The van der Waals surface area contributed by atoms with Crippen LogP contribution >= 0.6 is 0 Å². The van der Waals surface area contributed by atoms with Gasteiger partial charge in [0.1, 0.15) is 17.6 Å². The van der Waals surface area contributed by atoms with Crippen LogP contribution in [0.5, 0.6) is 5.75 Å². The van der Waals surface area contributed by atoms with E-state index in [0.29, 0.717) is 12.1 Å². The molecule has 0 bridgehead atoms. The van der Waals surface area contributed by atoms with E-state index in [0.717, 1.165) is 40.8 Å². The number of furan rings is 1. The minimum atomic E-state index is -0.437. The molecule has 122 valence electrons. The molecule has 3 aromatic rings. The Morgan fingerprint density at radius 1 is 1.17 bits per heavy atom. The molecule has 1 atom stereocenters. The zero-order chi connectivity index (χ0) is 16.5. The summed E-state index contributed by atoms with van der Waals surface area (Å²) in [5.41, 5.74) is 7.06. The van der Waals surface area contributed by atoms with E-state index in [2.05, 4.69) is 5.32 Å². The molecule has 5 heteroatoms. The molecule has 0 fully saturated rings. The van der Waals surface area contributed by atoms with Crippen molar-refractivity contribution < 1.29 is 13.9 Å². The number of benzene rings is 2. The monoisotopic (exact) mass is 322 g/mol. The number of amides is 1. The number of rotatable bonds is 3. The fourth-order valence-corrected chi connectivity index (χ4v) is 3.24. The van der Waals surface area contributed by atoms with Gasteiger partial charge in [0.15, 0.2) is 0 Å². The van der Waals surface area contributed by atoms with Gasteiger partial charge < -0.3 is 20.2 Å². The van der Waals surface area contributed by atoms with Crippen molar-refractivity contribution in [3.8, 4) is 5.75 Å². The third-order valence-corrected chi connectivity index (χ3v) is 4.41. The van der Waals surface area contributed by atoms with Gasteiger partial charge >= 0.3 is 0 Å². The van der Waals surface area contributed by atoms with Crippen molar-refractivity contribution in [3.63, 3.8) is 0 Å². The minimum absolute atomic E-state index is 0.0865. The van der Waals surface area contributed by atoms with Gasteiger partial charge in [-0.2, -0.15) is 0 Å². The fraction of sp³-hybridized carbons (Fsp3) is 0.211. The molecule has 1 unspecified atom stereocenters. The minimum Gasteiger partial charge on any atom is -0.485 e. The van der Waals surface area contributed by atoms with Gasteiger partial charge in [-0.3, -0.25) is 4.79 Å². The maximum atomic E-state index is 11.7. The number of hydrogen-bond acceptors (Lipinski definition) is 4. The standard InChI is InChI=1S/C19H18N2O3/c20-19(22)14-5-6-16(13-4-2-1-3-12(13)14)24-17-7-9-21-11-18-15(17)8-10-23-18/h1-6,8,10,17,21H,7,9,11H2,(H2,20,22). The Balaban J connectivity index is 1.76. The van der Waals surface area contributed by atoms with Crippen LogP contribution in [0.1, 0.15) is 34.2 Å². The molecule has 0 aliphatic carbocycles. The Morgan fingerprint density at radius 3 is 2.83 bits per heavy atom. The van der Waals surface area contributed by atoms with Gasteiger partial charge in [0.2, 0.25) is 5.91 Å². The lowest BCUT2D eigenvalue weighted by Gasteiger charge is -2.19. The van der Waals surface area contributed by atoms with Gasteiger partial charge in [0, 0.05) is 22.9 Å². The smallest absolute Gasteiger partial charge is 0.249 e. The summed E-state index contributed by atoms with van der Waals surface area (Å²) >= 11 is 0. The SMILES string of the molecule is NC(=O)c1ccc(OC2CCNCc3occc32)c2ccccc12. The van der Waals surface area contributed by atoms with E-state index in [1.165, 1.54) is 0 Å². The maximum absolute atomic E-state index is 11.7. The lowest BCUT2D eigenvalue weighted by atomic mass is 10.0. The molecule has 2 aromatic carbocycles.